The Hall–Kier alpha value is -1.83. The smallest absolute Gasteiger partial charge is 0.120 e. The summed E-state index contributed by atoms with van der Waals surface area (Å²) >= 11 is 0. The molecule has 0 radical (unpaired) electrons. The summed E-state index contributed by atoms with van der Waals surface area (Å²) < 4.78 is 5.14. The highest BCUT2D eigenvalue weighted by molar-refractivity contribution is 5.54. The number of carbonyl (C=O) groups excluding carboxylic acids is 1. The fourth-order valence-corrected chi connectivity index (χ4v) is 2.16. The first-order chi connectivity index (χ1) is 8.35. The van der Waals surface area contributed by atoms with Crippen molar-refractivity contribution in [3.05, 3.63) is 53.6 Å². The van der Waals surface area contributed by atoms with Crippen LogP contribution in [0.2, 0.25) is 0 Å². The lowest BCUT2D eigenvalue weighted by atomic mass is 9.88. The molecule has 0 aliphatic heterocycles. The summed E-state index contributed by atoms with van der Waals surface area (Å²) in [5.41, 5.74) is 2.48. The van der Waals surface area contributed by atoms with Gasteiger partial charge >= 0.3 is 0 Å². The zero-order valence-corrected chi connectivity index (χ0v) is 9.93. The van der Waals surface area contributed by atoms with Crippen LogP contribution in [0.3, 0.4) is 0 Å². The zero-order valence-electron chi connectivity index (χ0n) is 9.93. The number of hydrogen-bond donors (Lipinski definition) is 0. The van der Waals surface area contributed by atoms with Crippen LogP contribution >= 0.6 is 0 Å². The molecule has 0 heterocycles. The average Bonchev–Trinajstić information content (AvgIpc) is 2.90. The van der Waals surface area contributed by atoms with E-state index in [-0.39, 0.29) is 5.92 Å². The summed E-state index contributed by atoms with van der Waals surface area (Å²) in [5, 5.41) is 0. The maximum Gasteiger partial charge on any atom is 0.120 e. The summed E-state index contributed by atoms with van der Waals surface area (Å²) in [4.78, 5) is 10.8. The predicted molar refractivity (Wildman–Crippen MR) is 68.3 cm³/mol. The Balaban J connectivity index is 2.22. The van der Waals surface area contributed by atoms with Crippen LogP contribution in [0, 0.1) is 0 Å². The van der Waals surface area contributed by atoms with Crippen molar-refractivity contribution in [3.8, 4) is 5.75 Å². The van der Waals surface area contributed by atoms with Crippen LogP contribution in [0.25, 0.3) is 0 Å². The van der Waals surface area contributed by atoms with Crippen LogP contribution in [0.15, 0.2) is 48.1 Å². The van der Waals surface area contributed by atoms with Gasteiger partial charge in [-0.05, 0) is 24.1 Å². The number of benzene rings is 1. The van der Waals surface area contributed by atoms with Crippen molar-refractivity contribution in [1.29, 1.82) is 0 Å². The van der Waals surface area contributed by atoms with Gasteiger partial charge in [0, 0.05) is 12.3 Å². The molecule has 2 heteroatoms. The van der Waals surface area contributed by atoms with E-state index < -0.39 is 0 Å². The van der Waals surface area contributed by atoms with E-state index in [9.17, 15) is 4.79 Å². The Labute approximate surface area is 102 Å². The third-order valence-electron chi connectivity index (χ3n) is 3.10. The van der Waals surface area contributed by atoms with Crippen molar-refractivity contribution in [2.24, 2.45) is 0 Å². The predicted octanol–water partition coefficient (Wildman–Crippen LogP) is 3.25. The van der Waals surface area contributed by atoms with Crippen molar-refractivity contribution in [2.45, 2.75) is 18.8 Å². The minimum atomic E-state index is 0.202. The van der Waals surface area contributed by atoms with Crippen LogP contribution in [0.4, 0.5) is 0 Å². The topological polar surface area (TPSA) is 26.3 Å². The van der Waals surface area contributed by atoms with Crippen LogP contribution < -0.4 is 4.74 Å². The molecule has 88 valence electrons. The summed E-state index contributed by atoms with van der Waals surface area (Å²) in [6.07, 6.45) is 8.77. The third-order valence-corrected chi connectivity index (χ3v) is 3.10. The molecule has 0 spiro atoms. The van der Waals surface area contributed by atoms with E-state index in [0.717, 1.165) is 18.5 Å². The summed E-state index contributed by atoms with van der Waals surface area (Å²) in [6.45, 7) is 0. The summed E-state index contributed by atoms with van der Waals surface area (Å²) in [7, 11) is 1.65. The first-order valence-electron chi connectivity index (χ1n) is 5.78. The minimum Gasteiger partial charge on any atom is -0.497 e. The van der Waals surface area contributed by atoms with Gasteiger partial charge in [-0.15, -0.1) is 0 Å². The van der Waals surface area contributed by atoms with E-state index in [1.807, 2.05) is 24.3 Å². The quantitative estimate of drug-likeness (QED) is 0.723. The van der Waals surface area contributed by atoms with E-state index in [0.29, 0.717) is 6.42 Å². The monoisotopic (exact) mass is 228 g/mol. The first-order valence-corrected chi connectivity index (χ1v) is 5.78. The molecule has 17 heavy (non-hydrogen) atoms. The molecule has 1 atom stereocenters. The number of methoxy groups -OCH3 is 1. The Morgan fingerprint density at radius 3 is 2.65 bits per heavy atom. The van der Waals surface area contributed by atoms with Crippen molar-refractivity contribution in [2.75, 3.05) is 7.11 Å². The van der Waals surface area contributed by atoms with Gasteiger partial charge in [-0.2, -0.15) is 0 Å². The minimum absolute atomic E-state index is 0.202. The lowest BCUT2D eigenvalue weighted by molar-refractivity contribution is -0.108. The molecule has 1 aromatic rings. The highest BCUT2D eigenvalue weighted by Gasteiger charge is 2.16. The van der Waals surface area contributed by atoms with Crippen molar-refractivity contribution >= 4 is 6.29 Å². The highest BCUT2D eigenvalue weighted by Crippen LogP contribution is 2.32. The van der Waals surface area contributed by atoms with E-state index in [4.69, 9.17) is 4.74 Å². The van der Waals surface area contributed by atoms with Gasteiger partial charge in [-0.25, -0.2) is 0 Å². The number of carbonyl (C=O) groups is 1. The summed E-state index contributed by atoms with van der Waals surface area (Å²) in [6, 6.07) is 7.95. The highest BCUT2D eigenvalue weighted by atomic mass is 16.5. The fourth-order valence-electron chi connectivity index (χ4n) is 2.16. The molecule has 2 nitrogen and oxygen atoms in total. The van der Waals surface area contributed by atoms with Gasteiger partial charge in [-0.1, -0.05) is 35.9 Å². The van der Waals surface area contributed by atoms with Gasteiger partial charge in [-0.3, -0.25) is 0 Å². The van der Waals surface area contributed by atoms with Gasteiger partial charge in [0.2, 0.25) is 0 Å². The molecule has 2 rings (SSSR count). The largest absolute Gasteiger partial charge is 0.497 e. The Bertz CT molecular complexity index is 440. The van der Waals surface area contributed by atoms with Crippen LogP contribution in [0.1, 0.15) is 24.3 Å². The molecule has 1 aromatic carbocycles. The second-order valence-electron chi connectivity index (χ2n) is 4.10. The Morgan fingerprint density at radius 1 is 1.35 bits per heavy atom. The van der Waals surface area contributed by atoms with Crippen molar-refractivity contribution in [3.63, 3.8) is 0 Å². The molecule has 1 aliphatic rings. The van der Waals surface area contributed by atoms with Gasteiger partial charge < -0.3 is 9.53 Å². The molecule has 0 unspecified atom stereocenters. The van der Waals surface area contributed by atoms with E-state index in [2.05, 4.69) is 18.2 Å². The fraction of sp³-hybridized carbons (Fsp3) is 0.267. The second-order valence-corrected chi connectivity index (χ2v) is 4.10. The summed E-state index contributed by atoms with van der Waals surface area (Å²) in [5.74, 6) is 1.05. The number of ether oxygens (including phenoxy) is 1. The molecule has 0 N–H and O–H groups in total. The molecule has 0 saturated heterocycles. The maximum atomic E-state index is 10.8. The molecule has 0 aromatic heterocycles. The van der Waals surface area contributed by atoms with E-state index in [1.54, 1.807) is 7.11 Å². The molecular formula is C15H16O2. The normalized spacial score (nSPS) is 15.5. The molecule has 1 aliphatic carbocycles. The Morgan fingerprint density at radius 2 is 2.12 bits per heavy atom. The SMILES string of the molecule is COc1ccc([C@H](CC=O)C2=CC=CC2)cc1. The molecule has 0 fully saturated rings. The zero-order chi connectivity index (χ0) is 12.1. The number of aldehydes is 1. The lowest BCUT2D eigenvalue weighted by Crippen LogP contribution is -2.02. The molecule has 0 bridgehead atoms. The average molecular weight is 228 g/mol. The lowest BCUT2D eigenvalue weighted by Gasteiger charge is -2.16. The Kier molecular flexibility index (Phi) is 3.76. The van der Waals surface area contributed by atoms with Gasteiger partial charge in [0.1, 0.15) is 12.0 Å². The maximum absolute atomic E-state index is 10.8. The molecule has 0 amide bonds. The molecule has 0 saturated carbocycles. The van der Waals surface area contributed by atoms with Crippen molar-refractivity contribution in [1.82, 2.24) is 0 Å². The number of rotatable bonds is 5. The van der Waals surface area contributed by atoms with Crippen LogP contribution in [0.5, 0.6) is 5.75 Å². The molecular weight excluding hydrogens is 212 g/mol. The van der Waals surface area contributed by atoms with E-state index in [1.165, 1.54) is 11.1 Å². The third kappa shape index (κ3) is 2.64. The van der Waals surface area contributed by atoms with Gasteiger partial charge in [0.25, 0.3) is 0 Å². The number of hydrogen-bond acceptors (Lipinski definition) is 2. The standard InChI is InChI=1S/C15H16O2/c1-17-14-8-6-13(7-9-14)15(10-11-16)12-4-2-3-5-12/h2-4,6-9,11,15H,5,10H2,1H3/t15-/m1/s1. The van der Waals surface area contributed by atoms with Gasteiger partial charge in [0.15, 0.2) is 0 Å². The number of allylic oxidation sites excluding steroid dienone is 4. The van der Waals surface area contributed by atoms with E-state index >= 15 is 0 Å². The van der Waals surface area contributed by atoms with Crippen LogP contribution in [-0.4, -0.2) is 13.4 Å². The first kappa shape index (κ1) is 11.6. The van der Waals surface area contributed by atoms with Crippen LogP contribution in [-0.2, 0) is 4.79 Å². The second kappa shape index (κ2) is 5.48. The van der Waals surface area contributed by atoms with Gasteiger partial charge in [0.05, 0.1) is 7.11 Å². The van der Waals surface area contributed by atoms with Crippen molar-refractivity contribution < 1.29 is 9.53 Å².